The van der Waals surface area contributed by atoms with Gasteiger partial charge in [0.15, 0.2) is 5.82 Å². The van der Waals surface area contributed by atoms with E-state index in [1.807, 2.05) is 11.3 Å². The molecular formula is C8H10N4S. The molecule has 0 bridgehead atoms. The second-order valence-corrected chi connectivity index (χ2v) is 3.98. The maximum Gasteiger partial charge on any atom is 0.179 e. The molecule has 0 aliphatic carbocycles. The summed E-state index contributed by atoms with van der Waals surface area (Å²) in [4.78, 5) is 2.69. The summed E-state index contributed by atoms with van der Waals surface area (Å²) in [6.45, 7) is 2.16. The number of rotatable bonds is 3. The molecule has 1 N–H and O–H groups in total. The molecule has 0 saturated carbocycles. The van der Waals surface area contributed by atoms with Crippen LogP contribution in [0.2, 0.25) is 0 Å². The molecule has 0 aromatic carbocycles. The van der Waals surface area contributed by atoms with Gasteiger partial charge in [-0.05, 0) is 18.6 Å². The highest BCUT2D eigenvalue weighted by Gasteiger charge is 2.03. The van der Waals surface area contributed by atoms with Crippen molar-refractivity contribution in [2.75, 3.05) is 0 Å². The standard InChI is InChI=1S/C8H10N4S/c1-2-6-3-4-7(13-6)5-8-9-11-12-10-8/h3-4H,2,5H2,1H3,(H,9,10,11,12). The van der Waals surface area contributed by atoms with E-state index in [1.165, 1.54) is 9.75 Å². The van der Waals surface area contributed by atoms with Gasteiger partial charge in [-0.1, -0.05) is 12.1 Å². The Morgan fingerprint density at radius 1 is 1.38 bits per heavy atom. The van der Waals surface area contributed by atoms with Crippen molar-refractivity contribution < 1.29 is 0 Å². The van der Waals surface area contributed by atoms with Crippen molar-refractivity contribution in [2.24, 2.45) is 0 Å². The molecule has 2 aromatic rings. The SMILES string of the molecule is CCc1ccc(Cc2nn[nH]n2)s1. The minimum Gasteiger partial charge on any atom is -0.177 e. The summed E-state index contributed by atoms with van der Waals surface area (Å²) in [5, 5.41) is 13.8. The molecule has 0 unspecified atom stereocenters. The highest BCUT2D eigenvalue weighted by Crippen LogP contribution is 2.18. The van der Waals surface area contributed by atoms with Crippen molar-refractivity contribution in [2.45, 2.75) is 19.8 Å². The number of aromatic nitrogens is 4. The number of nitrogens with zero attached hydrogens (tertiary/aromatic N) is 3. The Hall–Kier alpha value is -1.23. The molecule has 2 heterocycles. The number of hydrogen-bond donors (Lipinski definition) is 1. The predicted molar refractivity (Wildman–Crippen MR) is 50.7 cm³/mol. The van der Waals surface area contributed by atoms with Crippen LogP contribution in [-0.4, -0.2) is 20.6 Å². The summed E-state index contributed by atoms with van der Waals surface area (Å²) >= 11 is 1.81. The van der Waals surface area contributed by atoms with Crippen molar-refractivity contribution in [3.05, 3.63) is 27.7 Å². The van der Waals surface area contributed by atoms with Gasteiger partial charge in [-0.15, -0.1) is 21.5 Å². The van der Waals surface area contributed by atoms with Crippen LogP contribution < -0.4 is 0 Å². The monoisotopic (exact) mass is 194 g/mol. The number of H-pyrrole nitrogens is 1. The molecule has 2 rings (SSSR count). The number of aryl methyl sites for hydroxylation is 1. The quantitative estimate of drug-likeness (QED) is 0.803. The fourth-order valence-corrected chi connectivity index (χ4v) is 2.08. The fourth-order valence-electron chi connectivity index (χ4n) is 1.12. The van der Waals surface area contributed by atoms with Gasteiger partial charge in [-0.3, -0.25) is 0 Å². The summed E-state index contributed by atoms with van der Waals surface area (Å²) < 4.78 is 0. The highest BCUT2D eigenvalue weighted by molar-refractivity contribution is 7.12. The van der Waals surface area contributed by atoms with Crippen LogP contribution in [-0.2, 0) is 12.8 Å². The molecule has 13 heavy (non-hydrogen) atoms. The topological polar surface area (TPSA) is 54.5 Å². The molecule has 0 saturated heterocycles. The molecule has 0 atom stereocenters. The fraction of sp³-hybridized carbons (Fsp3) is 0.375. The average Bonchev–Trinajstić information content (AvgIpc) is 2.76. The lowest BCUT2D eigenvalue weighted by Gasteiger charge is -1.88. The highest BCUT2D eigenvalue weighted by atomic mass is 32.1. The maximum atomic E-state index is 3.91. The maximum absolute atomic E-state index is 3.91. The summed E-state index contributed by atoms with van der Waals surface area (Å²) in [7, 11) is 0. The van der Waals surface area contributed by atoms with E-state index in [1.54, 1.807) is 0 Å². The summed E-state index contributed by atoms with van der Waals surface area (Å²) in [5.74, 6) is 0.754. The van der Waals surface area contributed by atoms with Gasteiger partial charge in [-0.2, -0.15) is 5.21 Å². The van der Waals surface area contributed by atoms with Crippen LogP contribution in [0.3, 0.4) is 0 Å². The third-order valence-electron chi connectivity index (χ3n) is 1.79. The predicted octanol–water partition coefficient (Wildman–Crippen LogP) is 1.41. The average molecular weight is 194 g/mol. The molecule has 0 aliphatic heterocycles. The number of nitrogens with one attached hydrogen (secondary N) is 1. The lowest BCUT2D eigenvalue weighted by atomic mass is 10.3. The van der Waals surface area contributed by atoms with E-state index in [0.29, 0.717) is 0 Å². The van der Waals surface area contributed by atoms with E-state index in [0.717, 1.165) is 18.7 Å². The molecule has 0 aliphatic rings. The largest absolute Gasteiger partial charge is 0.179 e. The van der Waals surface area contributed by atoms with E-state index in [-0.39, 0.29) is 0 Å². The number of tetrazole rings is 1. The lowest BCUT2D eigenvalue weighted by molar-refractivity contribution is 0.881. The van der Waals surface area contributed by atoms with Crippen LogP contribution in [0, 0.1) is 0 Å². The molecule has 0 spiro atoms. The van der Waals surface area contributed by atoms with Crippen LogP contribution in [0.15, 0.2) is 12.1 Å². The second-order valence-electron chi connectivity index (χ2n) is 2.73. The Labute approximate surface area is 80.0 Å². The van der Waals surface area contributed by atoms with Crippen molar-refractivity contribution in [1.82, 2.24) is 20.6 Å². The normalized spacial score (nSPS) is 10.5. The van der Waals surface area contributed by atoms with E-state index in [2.05, 4.69) is 39.7 Å². The molecule has 68 valence electrons. The van der Waals surface area contributed by atoms with Crippen molar-refractivity contribution in [3.63, 3.8) is 0 Å². The first kappa shape index (κ1) is 8.37. The van der Waals surface area contributed by atoms with Crippen LogP contribution in [0.4, 0.5) is 0 Å². The number of thiophene rings is 1. The van der Waals surface area contributed by atoms with Gasteiger partial charge in [-0.25, -0.2) is 0 Å². The third kappa shape index (κ3) is 1.92. The Balaban J connectivity index is 2.10. The molecule has 2 aromatic heterocycles. The van der Waals surface area contributed by atoms with Crippen molar-refractivity contribution >= 4 is 11.3 Å². The zero-order valence-corrected chi connectivity index (χ0v) is 8.14. The lowest BCUT2D eigenvalue weighted by Crippen LogP contribution is -1.87. The van der Waals surface area contributed by atoms with Gasteiger partial charge in [0.05, 0.1) is 0 Å². The van der Waals surface area contributed by atoms with E-state index >= 15 is 0 Å². The summed E-state index contributed by atoms with van der Waals surface area (Å²) in [6, 6.07) is 4.28. The Morgan fingerprint density at radius 2 is 2.23 bits per heavy atom. The zero-order valence-electron chi connectivity index (χ0n) is 7.32. The van der Waals surface area contributed by atoms with Crippen molar-refractivity contribution in [1.29, 1.82) is 0 Å². The first-order valence-corrected chi connectivity index (χ1v) is 5.00. The Bertz CT molecular complexity index is 365. The van der Waals surface area contributed by atoms with E-state index < -0.39 is 0 Å². The Kier molecular flexibility index (Phi) is 2.35. The Morgan fingerprint density at radius 3 is 2.85 bits per heavy atom. The van der Waals surface area contributed by atoms with Gasteiger partial charge < -0.3 is 0 Å². The van der Waals surface area contributed by atoms with Gasteiger partial charge in [0.2, 0.25) is 0 Å². The van der Waals surface area contributed by atoms with Crippen LogP contribution in [0.5, 0.6) is 0 Å². The molecule has 0 radical (unpaired) electrons. The van der Waals surface area contributed by atoms with E-state index in [4.69, 9.17) is 0 Å². The third-order valence-corrected chi connectivity index (χ3v) is 3.02. The molecule has 5 heteroatoms. The minimum atomic E-state index is 0.754. The molecule has 0 amide bonds. The van der Waals surface area contributed by atoms with Crippen LogP contribution >= 0.6 is 11.3 Å². The zero-order chi connectivity index (χ0) is 9.10. The summed E-state index contributed by atoms with van der Waals surface area (Å²) in [6.07, 6.45) is 1.87. The number of hydrogen-bond acceptors (Lipinski definition) is 4. The first-order chi connectivity index (χ1) is 6.38. The molecule has 0 fully saturated rings. The second kappa shape index (κ2) is 3.66. The smallest absolute Gasteiger partial charge is 0.177 e. The van der Waals surface area contributed by atoms with Gasteiger partial charge in [0, 0.05) is 16.2 Å². The molecule has 4 nitrogen and oxygen atoms in total. The minimum absolute atomic E-state index is 0.754. The number of aromatic amines is 1. The summed E-state index contributed by atoms with van der Waals surface area (Å²) in [5.41, 5.74) is 0. The van der Waals surface area contributed by atoms with Crippen LogP contribution in [0.1, 0.15) is 22.5 Å². The van der Waals surface area contributed by atoms with Gasteiger partial charge >= 0.3 is 0 Å². The van der Waals surface area contributed by atoms with Gasteiger partial charge in [0.25, 0.3) is 0 Å². The van der Waals surface area contributed by atoms with E-state index in [9.17, 15) is 0 Å². The van der Waals surface area contributed by atoms with Gasteiger partial charge in [0.1, 0.15) is 0 Å². The first-order valence-electron chi connectivity index (χ1n) is 4.18. The van der Waals surface area contributed by atoms with Crippen LogP contribution in [0.25, 0.3) is 0 Å². The molecular weight excluding hydrogens is 184 g/mol. The van der Waals surface area contributed by atoms with Crippen molar-refractivity contribution in [3.8, 4) is 0 Å².